The molecule has 210 valence electrons. The fourth-order valence-electron chi connectivity index (χ4n) is 4.60. The van der Waals surface area contributed by atoms with Crippen LogP contribution in [0.15, 0.2) is 59.6 Å². The number of carbonyl (C=O) groups is 3. The van der Waals surface area contributed by atoms with E-state index in [2.05, 4.69) is 4.99 Å². The molecule has 3 amide bonds. The minimum Gasteiger partial charge on any atom is -0.465 e. The molecule has 0 aromatic heterocycles. The van der Waals surface area contributed by atoms with Crippen LogP contribution in [-0.2, 0) is 25.5 Å². The summed E-state index contributed by atoms with van der Waals surface area (Å²) in [5.74, 6) is -1.39. The zero-order valence-electron chi connectivity index (χ0n) is 22.6. The second-order valence-corrected chi connectivity index (χ2v) is 9.68. The van der Waals surface area contributed by atoms with Crippen LogP contribution in [-0.4, -0.2) is 79.9 Å². The minimum absolute atomic E-state index is 0.0215. The highest BCUT2D eigenvalue weighted by Crippen LogP contribution is 2.38. The van der Waals surface area contributed by atoms with Crippen molar-refractivity contribution in [1.82, 2.24) is 9.80 Å². The summed E-state index contributed by atoms with van der Waals surface area (Å²) in [5, 5.41) is 0.423. The Morgan fingerprint density at radius 3 is 2.54 bits per heavy atom. The quantitative estimate of drug-likeness (QED) is 0.279. The van der Waals surface area contributed by atoms with E-state index in [1.165, 1.54) is 4.90 Å². The average molecular weight is 557 g/mol. The number of rotatable bonds is 14. The zero-order chi connectivity index (χ0) is 28.2. The molecular formula is C29H37ClN4O5. The number of nitrogens with zero attached hydrogens (tertiary/aromatic N) is 3. The van der Waals surface area contributed by atoms with Crippen molar-refractivity contribution < 1.29 is 23.9 Å². The van der Waals surface area contributed by atoms with E-state index >= 15 is 0 Å². The van der Waals surface area contributed by atoms with E-state index < -0.39 is 24.0 Å². The summed E-state index contributed by atoms with van der Waals surface area (Å²) < 4.78 is 11.0. The maximum Gasteiger partial charge on any atom is 0.344 e. The first kappa shape index (κ1) is 30.3. The number of halogens is 1. The van der Waals surface area contributed by atoms with Gasteiger partial charge in [-0.25, -0.2) is 4.79 Å². The van der Waals surface area contributed by atoms with Crippen molar-refractivity contribution in [1.29, 1.82) is 0 Å². The molecule has 9 nitrogen and oxygen atoms in total. The molecule has 0 fully saturated rings. The molecule has 2 aromatic carbocycles. The van der Waals surface area contributed by atoms with Crippen molar-refractivity contribution in [2.24, 2.45) is 16.6 Å². The number of hydrogen-bond donors (Lipinski definition) is 1. The van der Waals surface area contributed by atoms with Crippen molar-refractivity contribution >= 4 is 35.2 Å². The highest BCUT2D eigenvalue weighted by Gasteiger charge is 2.45. The van der Waals surface area contributed by atoms with E-state index in [4.69, 9.17) is 26.8 Å². The Morgan fingerprint density at radius 1 is 1.13 bits per heavy atom. The number of urea groups is 1. The lowest BCUT2D eigenvalue weighted by atomic mass is 9.86. The summed E-state index contributed by atoms with van der Waals surface area (Å²) in [6.07, 6.45) is 1.55. The van der Waals surface area contributed by atoms with E-state index in [0.717, 1.165) is 5.56 Å². The van der Waals surface area contributed by atoms with E-state index in [1.54, 1.807) is 37.1 Å². The Balaban J connectivity index is 1.78. The molecule has 1 aliphatic heterocycles. The van der Waals surface area contributed by atoms with Crippen LogP contribution >= 0.6 is 11.6 Å². The normalized spacial score (nSPS) is 17.1. The molecule has 0 radical (unpaired) electrons. The summed E-state index contributed by atoms with van der Waals surface area (Å²) in [4.78, 5) is 46.7. The highest BCUT2D eigenvalue weighted by molar-refractivity contribution is 6.31. The lowest BCUT2D eigenvalue weighted by Crippen LogP contribution is -2.49. The van der Waals surface area contributed by atoms with Crippen molar-refractivity contribution in [2.45, 2.75) is 32.2 Å². The maximum absolute atomic E-state index is 13.3. The van der Waals surface area contributed by atoms with Gasteiger partial charge in [-0.05, 0) is 37.0 Å². The van der Waals surface area contributed by atoms with Gasteiger partial charge in [-0.2, -0.15) is 4.99 Å². The first-order chi connectivity index (χ1) is 18.9. The first-order valence-electron chi connectivity index (χ1n) is 13.2. The van der Waals surface area contributed by atoms with Gasteiger partial charge < -0.3 is 25.0 Å². The molecule has 2 atom stereocenters. The topological polar surface area (TPSA) is 115 Å². The van der Waals surface area contributed by atoms with Gasteiger partial charge in [0.25, 0.3) is 0 Å². The number of benzene rings is 2. The van der Waals surface area contributed by atoms with Crippen molar-refractivity contribution in [3.05, 3.63) is 70.7 Å². The third-order valence-corrected chi connectivity index (χ3v) is 6.90. The number of amides is 3. The van der Waals surface area contributed by atoms with Gasteiger partial charge in [0.05, 0.1) is 31.6 Å². The number of esters is 1. The Kier molecular flexibility index (Phi) is 11.9. The third kappa shape index (κ3) is 8.36. The highest BCUT2D eigenvalue weighted by atomic mass is 35.5. The monoisotopic (exact) mass is 556 g/mol. The Morgan fingerprint density at radius 2 is 1.85 bits per heavy atom. The van der Waals surface area contributed by atoms with Crippen LogP contribution < -0.4 is 5.73 Å². The second kappa shape index (κ2) is 15.4. The fourth-order valence-corrected chi connectivity index (χ4v) is 4.85. The number of aryl methyl sites for hydroxylation is 1. The Bertz CT molecular complexity index is 1140. The van der Waals surface area contributed by atoms with Crippen LogP contribution in [0.25, 0.3) is 0 Å². The molecule has 2 aromatic rings. The number of hydrogen-bond acceptors (Lipinski definition) is 6. The maximum atomic E-state index is 13.3. The second-order valence-electron chi connectivity index (χ2n) is 9.27. The summed E-state index contributed by atoms with van der Waals surface area (Å²) in [7, 11) is 1.75. The standard InChI is InChI=1S/C29H37ClN4O5/c1-3-39-28(36)26-24(20-38-19-16-31)32-29(37)34(27(26)22-12-7-8-13-23(22)30)18-9-17-33(2)25(35)15-14-21-10-5-4-6-11-21/h4-8,10-13,26-27H,3,9,14-20,31H2,1-2H3. The molecule has 39 heavy (non-hydrogen) atoms. The summed E-state index contributed by atoms with van der Waals surface area (Å²) >= 11 is 6.57. The molecular weight excluding hydrogens is 520 g/mol. The number of nitrogens with two attached hydrogens (primary N) is 1. The lowest BCUT2D eigenvalue weighted by Gasteiger charge is -2.39. The van der Waals surface area contributed by atoms with Gasteiger partial charge >= 0.3 is 12.0 Å². The first-order valence-corrected chi connectivity index (χ1v) is 13.6. The molecule has 0 saturated heterocycles. The van der Waals surface area contributed by atoms with Crippen LogP contribution in [0.1, 0.15) is 36.9 Å². The van der Waals surface area contributed by atoms with E-state index in [0.29, 0.717) is 42.9 Å². The van der Waals surface area contributed by atoms with E-state index in [9.17, 15) is 14.4 Å². The van der Waals surface area contributed by atoms with Crippen molar-refractivity contribution in [3.63, 3.8) is 0 Å². The molecule has 10 heteroatoms. The van der Waals surface area contributed by atoms with Gasteiger partial charge in [-0.3, -0.25) is 9.59 Å². The van der Waals surface area contributed by atoms with Crippen LogP contribution in [0.3, 0.4) is 0 Å². The summed E-state index contributed by atoms with van der Waals surface area (Å²) in [6.45, 7) is 3.12. The van der Waals surface area contributed by atoms with Gasteiger partial charge in [0, 0.05) is 38.1 Å². The third-order valence-electron chi connectivity index (χ3n) is 6.56. The smallest absolute Gasteiger partial charge is 0.344 e. The largest absolute Gasteiger partial charge is 0.465 e. The van der Waals surface area contributed by atoms with Gasteiger partial charge in [0.1, 0.15) is 5.92 Å². The van der Waals surface area contributed by atoms with E-state index in [1.807, 2.05) is 36.4 Å². The van der Waals surface area contributed by atoms with E-state index in [-0.39, 0.29) is 38.0 Å². The number of carbonyl (C=O) groups excluding carboxylic acids is 3. The number of aliphatic imine (C=N–C) groups is 1. The summed E-state index contributed by atoms with van der Waals surface area (Å²) in [5.41, 5.74) is 7.55. The molecule has 1 aliphatic rings. The van der Waals surface area contributed by atoms with Crippen molar-refractivity contribution in [3.8, 4) is 0 Å². The predicted molar refractivity (Wildman–Crippen MR) is 151 cm³/mol. The molecule has 0 aliphatic carbocycles. The van der Waals surface area contributed by atoms with Crippen molar-refractivity contribution in [2.75, 3.05) is 46.5 Å². The fraction of sp³-hybridized carbons (Fsp3) is 0.448. The molecule has 0 bridgehead atoms. The molecule has 0 spiro atoms. The molecule has 1 heterocycles. The van der Waals surface area contributed by atoms with Crippen LogP contribution in [0, 0.1) is 5.92 Å². The van der Waals surface area contributed by atoms with Crippen LogP contribution in [0.5, 0.6) is 0 Å². The average Bonchev–Trinajstić information content (AvgIpc) is 2.93. The van der Waals surface area contributed by atoms with Crippen LogP contribution in [0.4, 0.5) is 4.79 Å². The Hall–Kier alpha value is -3.27. The zero-order valence-corrected chi connectivity index (χ0v) is 23.3. The molecule has 2 N–H and O–H groups in total. The van der Waals surface area contributed by atoms with Gasteiger partial charge in [-0.15, -0.1) is 0 Å². The predicted octanol–water partition coefficient (Wildman–Crippen LogP) is 3.89. The molecule has 2 unspecified atom stereocenters. The number of ether oxygens (including phenoxy) is 2. The SMILES string of the molecule is CCOC(=O)C1C(COCCN)=NC(=O)N(CCCN(C)C(=O)CCc2ccccc2)C1c1ccccc1Cl. The molecule has 0 saturated carbocycles. The lowest BCUT2D eigenvalue weighted by molar-refractivity contribution is -0.147. The minimum atomic E-state index is -0.898. The molecule has 3 rings (SSSR count). The summed E-state index contributed by atoms with van der Waals surface area (Å²) in [6, 6.07) is 15.7. The van der Waals surface area contributed by atoms with Gasteiger partial charge in [0.15, 0.2) is 0 Å². The van der Waals surface area contributed by atoms with Crippen LogP contribution in [0.2, 0.25) is 5.02 Å². The van der Waals surface area contributed by atoms with Gasteiger partial charge in [0.2, 0.25) is 5.91 Å². The Labute approximate surface area is 234 Å². The van der Waals surface area contributed by atoms with Gasteiger partial charge in [-0.1, -0.05) is 60.1 Å².